The molecular weight excluding hydrogens is 322 g/mol. The van der Waals surface area contributed by atoms with Gasteiger partial charge in [0.25, 0.3) is 5.91 Å². The zero-order valence-corrected chi connectivity index (χ0v) is 14.1. The van der Waals surface area contributed by atoms with Gasteiger partial charge in [-0.15, -0.1) is 0 Å². The molecule has 0 aliphatic carbocycles. The minimum atomic E-state index is -0.880. The maximum Gasteiger partial charge on any atom is 0.308 e. The van der Waals surface area contributed by atoms with Gasteiger partial charge in [0.2, 0.25) is 5.91 Å². The maximum absolute atomic E-state index is 12.7. The molecule has 3 rings (SSSR count). The highest BCUT2D eigenvalue weighted by atomic mass is 16.4. The van der Waals surface area contributed by atoms with Crippen molar-refractivity contribution >= 4 is 23.5 Å². The summed E-state index contributed by atoms with van der Waals surface area (Å²) >= 11 is 0. The molecular formula is C18H21N3O4. The van der Waals surface area contributed by atoms with Crippen LogP contribution in [0.2, 0.25) is 0 Å². The van der Waals surface area contributed by atoms with Gasteiger partial charge in [0, 0.05) is 25.9 Å². The van der Waals surface area contributed by atoms with Gasteiger partial charge < -0.3 is 10.0 Å². The van der Waals surface area contributed by atoms with Crippen LogP contribution in [-0.2, 0) is 20.9 Å². The minimum Gasteiger partial charge on any atom is -0.481 e. The van der Waals surface area contributed by atoms with Crippen LogP contribution in [0, 0.1) is 11.8 Å². The van der Waals surface area contributed by atoms with Gasteiger partial charge in [-0.25, -0.2) is 5.01 Å². The van der Waals surface area contributed by atoms with Gasteiger partial charge in [-0.2, -0.15) is 5.10 Å². The van der Waals surface area contributed by atoms with Crippen LogP contribution in [0.15, 0.2) is 35.4 Å². The maximum atomic E-state index is 12.7. The van der Waals surface area contributed by atoms with Crippen molar-refractivity contribution < 1.29 is 19.5 Å². The summed E-state index contributed by atoms with van der Waals surface area (Å²) in [6.07, 6.45) is 0.536. The summed E-state index contributed by atoms with van der Waals surface area (Å²) in [4.78, 5) is 37.6. The van der Waals surface area contributed by atoms with E-state index in [-0.39, 0.29) is 30.7 Å². The molecule has 2 atom stereocenters. The van der Waals surface area contributed by atoms with Crippen molar-refractivity contribution in [3.8, 4) is 0 Å². The Bertz CT molecular complexity index is 716. The molecule has 1 saturated heterocycles. The van der Waals surface area contributed by atoms with E-state index in [0.717, 1.165) is 5.56 Å². The first kappa shape index (κ1) is 17.1. The molecule has 0 bridgehead atoms. The van der Waals surface area contributed by atoms with Crippen LogP contribution < -0.4 is 0 Å². The summed E-state index contributed by atoms with van der Waals surface area (Å²) in [5.41, 5.74) is 1.27. The van der Waals surface area contributed by atoms with Crippen LogP contribution in [0.3, 0.4) is 0 Å². The van der Waals surface area contributed by atoms with Gasteiger partial charge in [-0.1, -0.05) is 37.3 Å². The summed E-state index contributed by atoms with van der Waals surface area (Å²) in [6, 6.07) is 9.47. The highest BCUT2D eigenvalue weighted by Crippen LogP contribution is 2.24. The molecule has 1 aromatic rings. The lowest BCUT2D eigenvalue weighted by atomic mass is 9.99. The van der Waals surface area contributed by atoms with E-state index in [9.17, 15) is 19.5 Å². The van der Waals surface area contributed by atoms with Crippen LogP contribution in [0.4, 0.5) is 0 Å². The molecule has 0 aromatic heterocycles. The van der Waals surface area contributed by atoms with Crippen LogP contribution in [-0.4, -0.2) is 51.6 Å². The Morgan fingerprint density at radius 1 is 1.20 bits per heavy atom. The number of benzene rings is 1. The van der Waals surface area contributed by atoms with Crippen LogP contribution in [0.1, 0.15) is 25.3 Å². The van der Waals surface area contributed by atoms with E-state index in [1.165, 1.54) is 5.01 Å². The number of likely N-dealkylation sites (tertiary alicyclic amines) is 1. The number of nitrogens with zero attached hydrogens (tertiary/aromatic N) is 3. The summed E-state index contributed by atoms with van der Waals surface area (Å²) in [5, 5.41) is 14.8. The molecule has 7 nitrogen and oxygen atoms in total. The number of hydrogen-bond donors (Lipinski definition) is 1. The zero-order chi connectivity index (χ0) is 18.0. The van der Waals surface area contributed by atoms with E-state index in [1.807, 2.05) is 37.3 Å². The van der Waals surface area contributed by atoms with Gasteiger partial charge in [-0.05, 0) is 11.5 Å². The third kappa shape index (κ3) is 3.70. The highest BCUT2D eigenvalue weighted by molar-refractivity contribution is 6.39. The molecule has 1 N–H and O–H groups in total. The zero-order valence-electron chi connectivity index (χ0n) is 14.1. The fraction of sp³-hybridized carbons (Fsp3) is 0.444. The topological polar surface area (TPSA) is 90.3 Å². The summed E-state index contributed by atoms with van der Waals surface area (Å²) in [7, 11) is 0. The molecule has 7 heteroatoms. The predicted molar refractivity (Wildman–Crippen MR) is 90.5 cm³/mol. The lowest BCUT2D eigenvalue weighted by Gasteiger charge is -2.25. The number of carbonyl (C=O) groups is 3. The van der Waals surface area contributed by atoms with Crippen molar-refractivity contribution in [3.63, 3.8) is 0 Å². The van der Waals surface area contributed by atoms with E-state index in [2.05, 4.69) is 5.10 Å². The monoisotopic (exact) mass is 343 g/mol. The van der Waals surface area contributed by atoms with Crippen LogP contribution in [0.5, 0.6) is 0 Å². The van der Waals surface area contributed by atoms with Crippen molar-refractivity contribution in [2.75, 3.05) is 13.1 Å². The van der Waals surface area contributed by atoms with Crippen molar-refractivity contribution in [1.82, 2.24) is 9.91 Å². The molecule has 132 valence electrons. The van der Waals surface area contributed by atoms with Gasteiger partial charge in [0.05, 0.1) is 12.5 Å². The standard InChI is InChI=1S/C18H21N3O4/c1-12-9-20(11-14(12)18(24)25)17(23)15-7-8-16(22)21(19-15)10-13-5-3-2-4-6-13/h2-6,12,14H,7-11H2,1H3,(H,24,25)/t12-,14-/m1/s1. The van der Waals surface area contributed by atoms with Gasteiger partial charge in [0.1, 0.15) is 5.71 Å². The fourth-order valence-corrected chi connectivity index (χ4v) is 3.27. The second kappa shape index (κ2) is 7.04. The van der Waals surface area contributed by atoms with Crippen molar-refractivity contribution in [1.29, 1.82) is 0 Å². The Hall–Kier alpha value is -2.70. The van der Waals surface area contributed by atoms with Gasteiger partial charge in [-0.3, -0.25) is 14.4 Å². The lowest BCUT2D eigenvalue weighted by Crippen LogP contribution is -2.40. The molecule has 25 heavy (non-hydrogen) atoms. The van der Waals surface area contributed by atoms with E-state index in [1.54, 1.807) is 4.90 Å². The molecule has 0 radical (unpaired) electrons. The number of hydrazone groups is 1. The molecule has 1 aromatic carbocycles. The van der Waals surface area contributed by atoms with Crippen LogP contribution >= 0.6 is 0 Å². The van der Waals surface area contributed by atoms with Crippen molar-refractivity contribution in [2.24, 2.45) is 16.9 Å². The number of carboxylic acid groups (broad SMARTS) is 1. The van der Waals surface area contributed by atoms with E-state index < -0.39 is 11.9 Å². The van der Waals surface area contributed by atoms with Gasteiger partial charge in [0.15, 0.2) is 0 Å². The average Bonchev–Trinajstić information content (AvgIpc) is 2.99. The quantitative estimate of drug-likeness (QED) is 0.893. The molecule has 2 aliphatic heterocycles. The first-order valence-electron chi connectivity index (χ1n) is 8.39. The lowest BCUT2D eigenvalue weighted by molar-refractivity contribution is -0.142. The molecule has 2 amide bonds. The predicted octanol–water partition coefficient (Wildman–Crippen LogP) is 1.34. The second-order valence-electron chi connectivity index (χ2n) is 6.62. The third-order valence-corrected chi connectivity index (χ3v) is 4.74. The summed E-state index contributed by atoms with van der Waals surface area (Å²) < 4.78 is 0. The molecule has 2 heterocycles. The molecule has 0 spiro atoms. The third-order valence-electron chi connectivity index (χ3n) is 4.74. The smallest absolute Gasteiger partial charge is 0.308 e. The Kier molecular flexibility index (Phi) is 4.83. The Morgan fingerprint density at radius 2 is 1.92 bits per heavy atom. The number of hydrogen-bond acceptors (Lipinski definition) is 4. The SMILES string of the molecule is C[C@@H]1CN(C(=O)C2=NN(Cc3ccccc3)C(=O)CC2)C[C@H]1C(=O)O. The Morgan fingerprint density at radius 3 is 2.56 bits per heavy atom. The fourth-order valence-electron chi connectivity index (χ4n) is 3.27. The molecule has 1 fully saturated rings. The number of aliphatic carboxylic acids is 1. The number of amides is 2. The van der Waals surface area contributed by atoms with Gasteiger partial charge >= 0.3 is 5.97 Å². The molecule has 2 aliphatic rings. The van der Waals surface area contributed by atoms with E-state index in [4.69, 9.17) is 0 Å². The molecule has 0 unspecified atom stereocenters. The van der Waals surface area contributed by atoms with Crippen molar-refractivity contribution in [2.45, 2.75) is 26.3 Å². The Balaban J connectivity index is 1.73. The number of rotatable bonds is 4. The summed E-state index contributed by atoms with van der Waals surface area (Å²) in [6.45, 7) is 2.76. The highest BCUT2D eigenvalue weighted by Gasteiger charge is 2.39. The summed E-state index contributed by atoms with van der Waals surface area (Å²) in [5.74, 6) is -1.89. The van der Waals surface area contributed by atoms with E-state index in [0.29, 0.717) is 25.2 Å². The second-order valence-corrected chi connectivity index (χ2v) is 6.62. The molecule has 0 saturated carbocycles. The first-order valence-corrected chi connectivity index (χ1v) is 8.39. The largest absolute Gasteiger partial charge is 0.481 e. The average molecular weight is 343 g/mol. The number of carbonyl (C=O) groups excluding carboxylic acids is 2. The minimum absolute atomic E-state index is 0.0901. The van der Waals surface area contributed by atoms with E-state index >= 15 is 0 Å². The number of carboxylic acids is 1. The normalized spacial score (nSPS) is 23.6. The van der Waals surface area contributed by atoms with Crippen LogP contribution in [0.25, 0.3) is 0 Å². The first-order chi connectivity index (χ1) is 12.0. The Labute approximate surface area is 145 Å². The van der Waals surface area contributed by atoms with Crippen molar-refractivity contribution in [3.05, 3.63) is 35.9 Å².